The number of hydrogen-bond acceptors (Lipinski definition) is 2. The Kier molecular flexibility index (Phi) is 4.26. The van der Waals surface area contributed by atoms with E-state index >= 15 is 0 Å². The van der Waals surface area contributed by atoms with Crippen LogP contribution in [0.5, 0.6) is 0 Å². The molecular weight excluding hydrogens is 196 g/mol. The second-order valence-corrected chi connectivity index (χ2v) is 5.66. The summed E-state index contributed by atoms with van der Waals surface area (Å²) in [5.41, 5.74) is 0. The molecule has 3 unspecified atom stereocenters. The van der Waals surface area contributed by atoms with E-state index in [1.807, 2.05) is 0 Å². The van der Waals surface area contributed by atoms with Gasteiger partial charge in [0.25, 0.3) is 0 Å². The van der Waals surface area contributed by atoms with Crippen molar-refractivity contribution in [3.05, 3.63) is 0 Å². The Labute approximate surface area is 101 Å². The highest BCUT2D eigenvalue weighted by Gasteiger charge is 2.35. The molecule has 0 N–H and O–H groups in total. The van der Waals surface area contributed by atoms with E-state index in [4.69, 9.17) is 0 Å². The van der Waals surface area contributed by atoms with E-state index in [1.54, 1.807) is 0 Å². The lowest BCUT2D eigenvalue weighted by Crippen LogP contribution is -2.61. The molecule has 2 heterocycles. The molecule has 3 atom stereocenters. The topological polar surface area (TPSA) is 6.48 Å². The highest BCUT2D eigenvalue weighted by Crippen LogP contribution is 2.27. The lowest BCUT2D eigenvalue weighted by molar-refractivity contribution is -0.0123. The quantitative estimate of drug-likeness (QED) is 0.727. The first-order valence-electron chi connectivity index (χ1n) is 7.26. The Balaban J connectivity index is 2.02. The summed E-state index contributed by atoms with van der Waals surface area (Å²) in [6.07, 6.45) is 6.92. The average Bonchev–Trinajstić information content (AvgIpc) is 2.36. The van der Waals surface area contributed by atoms with E-state index in [0.29, 0.717) is 0 Å². The van der Waals surface area contributed by atoms with Crippen LogP contribution >= 0.6 is 0 Å². The fourth-order valence-corrected chi connectivity index (χ4v) is 3.41. The van der Waals surface area contributed by atoms with Gasteiger partial charge in [0, 0.05) is 31.2 Å². The van der Waals surface area contributed by atoms with Crippen LogP contribution in [0, 0.1) is 0 Å². The molecule has 0 bridgehead atoms. The molecule has 2 aliphatic heterocycles. The minimum absolute atomic E-state index is 0.772. The largest absolute Gasteiger partial charge is 0.298 e. The van der Waals surface area contributed by atoms with Crippen LogP contribution < -0.4 is 0 Å². The van der Waals surface area contributed by atoms with Gasteiger partial charge < -0.3 is 0 Å². The lowest BCUT2D eigenvalue weighted by Gasteiger charge is -2.50. The molecule has 16 heavy (non-hydrogen) atoms. The van der Waals surface area contributed by atoms with Crippen LogP contribution in [0.4, 0.5) is 0 Å². The molecule has 2 saturated heterocycles. The zero-order chi connectivity index (χ0) is 11.5. The normalized spacial score (nSPS) is 34.7. The van der Waals surface area contributed by atoms with Crippen molar-refractivity contribution in [2.24, 2.45) is 0 Å². The Morgan fingerprint density at radius 2 is 2.00 bits per heavy atom. The van der Waals surface area contributed by atoms with Gasteiger partial charge >= 0.3 is 0 Å². The third-order valence-corrected chi connectivity index (χ3v) is 4.71. The van der Waals surface area contributed by atoms with E-state index in [-0.39, 0.29) is 0 Å². The molecule has 2 rings (SSSR count). The summed E-state index contributed by atoms with van der Waals surface area (Å²) in [6.45, 7) is 11.1. The van der Waals surface area contributed by atoms with Crippen LogP contribution in [0.3, 0.4) is 0 Å². The number of nitrogens with zero attached hydrogens (tertiary/aromatic N) is 2. The Morgan fingerprint density at radius 3 is 2.69 bits per heavy atom. The maximum Gasteiger partial charge on any atom is 0.0224 e. The van der Waals surface area contributed by atoms with Crippen LogP contribution in [0.25, 0.3) is 0 Å². The van der Waals surface area contributed by atoms with Crippen molar-refractivity contribution in [1.82, 2.24) is 9.80 Å². The molecule has 0 aromatic heterocycles. The first kappa shape index (κ1) is 12.4. The Bertz CT molecular complexity index is 217. The zero-order valence-corrected chi connectivity index (χ0v) is 11.3. The summed E-state index contributed by atoms with van der Waals surface area (Å²) in [7, 11) is 0. The molecule has 0 spiro atoms. The molecule has 2 aliphatic rings. The molecule has 0 aromatic rings. The van der Waals surface area contributed by atoms with Gasteiger partial charge in [-0.2, -0.15) is 0 Å². The number of piperazine rings is 1. The van der Waals surface area contributed by atoms with Gasteiger partial charge in [-0.3, -0.25) is 9.80 Å². The van der Waals surface area contributed by atoms with E-state index < -0.39 is 0 Å². The van der Waals surface area contributed by atoms with E-state index in [0.717, 1.165) is 18.1 Å². The van der Waals surface area contributed by atoms with Crippen molar-refractivity contribution in [3.8, 4) is 0 Å². The summed E-state index contributed by atoms with van der Waals surface area (Å²) >= 11 is 0. The molecule has 0 amide bonds. The Morgan fingerprint density at radius 1 is 1.19 bits per heavy atom. The molecule has 94 valence electrons. The number of rotatable bonds is 3. The molecule has 2 fully saturated rings. The van der Waals surface area contributed by atoms with Crippen molar-refractivity contribution in [1.29, 1.82) is 0 Å². The van der Waals surface area contributed by atoms with Crippen LogP contribution in [0.2, 0.25) is 0 Å². The first-order valence-corrected chi connectivity index (χ1v) is 7.26. The number of fused-ring (bicyclic) bond motifs is 1. The zero-order valence-electron chi connectivity index (χ0n) is 11.3. The van der Waals surface area contributed by atoms with Crippen LogP contribution in [-0.2, 0) is 0 Å². The van der Waals surface area contributed by atoms with Gasteiger partial charge in [-0.05, 0) is 39.2 Å². The van der Waals surface area contributed by atoms with Crippen molar-refractivity contribution >= 4 is 0 Å². The van der Waals surface area contributed by atoms with Crippen molar-refractivity contribution in [2.45, 2.75) is 71.0 Å². The van der Waals surface area contributed by atoms with E-state index in [2.05, 4.69) is 30.6 Å². The van der Waals surface area contributed by atoms with Gasteiger partial charge in [0.05, 0.1) is 0 Å². The summed E-state index contributed by atoms with van der Waals surface area (Å²) in [5, 5.41) is 0. The third-order valence-electron chi connectivity index (χ3n) is 4.71. The van der Waals surface area contributed by atoms with Crippen LogP contribution in [0.1, 0.15) is 52.9 Å². The third kappa shape index (κ3) is 2.43. The van der Waals surface area contributed by atoms with Crippen molar-refractivity contribution < 1.29 is 0 Å². The van der Waals surface area contributed by atoms with Gasteiger partial charge in [0.2, 0.25) is 0 Å². The lowest BCUT2D eigenvalue weighted by atomic mass is 9.94. The minimum Gasteiger partial charge on any atom is -0.298 e. The second-order valence-electron chi connectivity index (χ2n) is 5.66. The summed E-state index contributed by atoms with van der Waals surface area (Å²) in [5.74, 6) is 0. The van der Waals surface area contributed by atoms with Crippen molar-refractivity contribution in [2.75, 3.05) is 19.6 Å². The van der Waals surface area contributed by atoms with Gasteiger partial charge in [-0.1, -0.05) is 20.3 Å². The maximum absolute atomic E-state index is 2.78. The first-order chi connectivity index (χ1) is 7.76. The molecular formula is C14H28N2. The molecule has 2 nitrogen and oxygen atoms in total. The number of piperidine rings is 1. The SMILES string of the molecule is CCC(C)N1CC2CCCCN2CC1CC. The van der Waals surface area contributed by atoms with E-state index in [9.17, 15) is 0 Å². The van der Waals surface area contributed by atoms with Gasteiger partial charge in [-0.15, -0.1) is 0 Å². The summed E-state index contributed by atoms with van der Waals surface area (Å²) < 4.78 is 0. The molecule has 2 heteroatoms. The summed E-state index contributed by atoms with van der Waals surface area (Å²) in [6, 6.07) is 2.45. The molecule has 0 saturated carbocycles. The monoisotopic (exact) mass is 224 g/mol. The molecule has 0 aromatic carbocycles. The van der Waals surface area contributed by atoms with Crippen molar-refractivity contribution in [3.63, 3.8) is 0 Å². The Hall–Kier alpha value is -0.0800. The fourth-order valence-electron chi connectivity index (χ4n) is 3.41. The number of hydrogen-bond donors (Lipinski definition) is 0. The van der Waals surface area contributed by atoms with Gasteiger partial charge in [0.1, 0.15) is 0 Å². The van der Waals surface area contributed by atoms with Gasteiger partial charge in [-0.25, -0.2) is 0 Å². The average molecular weight is 224 g/mol. The van der Waals surface area contributed by atoms with Gasteiger partial charge in [0.15, 0.2) is 0 Å². The molecule has 0 aliphatic carbocycles. The fraction of sp³-hybridized carbons (Fsp3) is 1.00. The smallest absolute Gasteiger partial charge is 0.0224 e. The minimum atomic E-state index is 0.772. The second kappa shape index (κ2) is 5.50. The maximum atomic E-state index is 2.78. The van der Waals surface area contributed by atoms with Crippen LogP contribution in [0.15, 0.2) is 0 Å². The standard InChI is InChI=1S/C14H28N2/c1-4-12(3)16-11-14-8-6-7-9-15(14)10-13(16)5-2/h12-14H,4-11H2,1-3H3. The summed E-state index contributed by atoms with van der Waals surface area (Å²) in [4.78, 5) is 5.54. The highest BCUT2D eigenvalue weighted by atomic mass is 15.3. The predicted octanol–water partition coefficient (Wildman–Crippen LogP) is 2.73. The van der Waals surface area contributed by atoms with E-state index in [1.165, 1.54) is 51.7 Å². The highest BCUT2D eigenvalue weighted by molar-refractivity contribution is 4.91. The molecule has 0 radical (unpaired) electrons. The predicted molar refractivity (Wildman–Crippen MR) is 69.8 cm³/mol. The van der Waals surface area contributed by atoms with Crippen LogP contribution in [-0.4, -0.2) is 47.6 Å².